The van der Waals surface area contributed by atoms with Gasteiger partial charge in [0.1, 0.15) is 17.6 Å². The Morgan fingerprint density at radius 2 is 1.85 bits per heavy atom. The summed E-state index contributed by atoms with van der Waals surface area (Å²) in [5.74, 6) is -2.93. The molecule has 4 rings (SSSR count). The molecule has 214 valence electrons. The normalized spacial score (nSPS) is 31.7. The first-order valence-electron chi connectivity index (χ1n) is 14.1. The third-order valence-electron chi connectivity index (χ3n) is 9.13. The lowest BCUT2D eigenvalue weighted by molar-refractivity contribution is -0.161. The second-order valence-corrected chi connectivity index (χ2v) is 11.2. The number of esters is 1. The summed E-state index contributed by atoms with van der Waals surface area (Å²) >= 11 is 0. The van der Waals surface area contributed by atoms with Gasteiger partial charge in [0.25, 0.3) is 5.91 Å². The summed E-state index contributed by atoms with van der Waals surface area (Å²) in [6, 6.07) is 6.12. The second-order valence-electron chi connectivity index (χ2n) is 11.2. The van der Waals surface area contributed by atoms with E-state index < -0.39 is 41.1 Å². The first-order chi connectivity index (χ1) is 18.6. The largest absolute Gasteiger partial charge is 0.466 e. The summed E-state index contributed by atoms with van der Waals surface area (Å²) < 4.78 is 12.1. The molecule has 1 N–H and O–H groups in total. The van der Waals surface area contributed by atoms with Crippen molar-refractivity contribution >= 4 is 29.2 Å². The zero-order valence-corrected chi connectivity index (χ0v) is 24.1. The number of benzene rings is 1. The van der Waals surface area contributed by atoms with Gasteiger partial charge < -0.3 is 29.3 Å². The Kier molecular flexibility index (Phi) is 8.15. The SMILES string of the molecule is C=CCN(C(=O)C1N([C@H](C)CO)C(=O)[C@@H]2[C@H](C(=O)OCC)[C@@]3(C)OC12CC3C)c1ccc(N(CC)CC)cc1. The van der Waals surface area contributed by atoms with Crippen LogP contribution in [0.25, 0.3) is 0 Å². The molecule has 2 bridgehead atoms. The molecule has 39 heavy (non-hydrogen) atoms. The van der Waals surface area contributed by atoms with E-state index in [1.54, 1.807) is 24.8 Å². The van der Waals surface area contributed by atoms with Crippen molar-refractivity contribution in [3.05, 3.63) is 36.9 Å². The van der Waals surface area contributed by atoms with E-state index in [0.717, 1.165) is 18.8 Å². The van der Waals surface area contributed by atoms with Crippen LogP contribution in [0.4, 0.5) is 11.4 Å². The van der Waals surface area contributed by atoms with Gasteiger partial charge in [-0.2, -0.15) is 0 Å². The minimum absolute atomic E-state index is 0.0863. The molecule has 3 heterocycles. The van der Waals surface area contributed by atoms with Crippen molar-refractivity contribution in [2.75, 3.05) is 42.6 Å². The first-order valence-corrected chi connectivity index (χ1v) is 14.1. The maximum absolute atomic E-state index is 14.6. The van der Waals surface area contributed by atoms with Crippen LogP contribution in [0.5, 0.6) is 0 Å². The Morgan fingerprint density at radius 3 is 2.38 bits per heavy atom. The highest BCUT2D eigenvalue weighted by Crippen LogP contribution is 2.65. The fourth-order valence-electron chi connectivity index (χ4n) is 7.14. The van der Waals surface area contributed by atoms with Gasteiger partial charge in [-0.3, -0.25) is 14.4 Å². The zero-order valence-electron chi connectivity index (χ0n) is 24.1. The molecule has 7 atom stereocenters. The summed E-state index contributed by atoms with van der Waals surface area (Å²) in [5.41, 5.74) is -0.414. The molecule has 9 nitrogen and oxygen atoms in total. The molecule has 0 radical (unpaired) electrons. The minimum Gasteiger partial charge on any atom is -0.466 e. The van der Waals surface area contributed by atoms with E-state index in [-0.39, 0.29) is 37.5 Å². The Morgan fingerprint density at radius 1 is 1.23 bits per heavy atom. The molecule has 9 heteroatoms. The highest BCUT2D eigenvalue weighted by atomic mass is 16.6. The van der Waals surface area contributed by atoms with E-state index in [4.69, 9.17) is 9.47 Å². The molecule has 1 spiro atoms. The molecule has 0 aromatic heterocycles. The number of ether oxygens (including phenoxy) is 2. The van der Waals surface area contributed by atoms with Crippen molar-refractivity contribution in [3.8, 4) is 0 Å². The summed E-state index contributed by atoms with van der Waals surface area (Å²) in [5, 5.41) is 10.1. The lowest BCUT2D eigenvalue weighted by Gasteiger charge is -2.38. The summed E-state index contributed by atoms with van der Waals surface area (Å²) in [6.45, 7) is 17.2. The number of aliphatic hydroxyl groups is 1. The van der Waals surface area contributed by atoms with Crippen molar-refractivity contribution in [1.82, 2.24) is 4.90 Å². The molecule has 3 saturated heterocycles. The van der Waals surface area contributed by atoms with Crippen molar-refractivity contribution < 1.29 is 29.0 Å². The van der Waals surface area contributed by atoms with Crippen LogP contribution >= 0.6 is 0 Å². The van der Waals surface area contributed by atoms with E-state index in [2.05, 4.69) is 25.3 Å². The Bertz CT molecular complexity index is 1100. The van der Waals surface area contributed by atoms with E-state index in [1.807, 2.05) is 38.1 Å². The van der Waals surface area contributed by atoms with Crippen molar-refractivity contribution in [1.29, 1.82) is 0 Å². The van der Waals surface area contributed by atoms with Crippen LogP contribution in [-0.2, 0) is 23.9 Å². The van der Waals surface area contributed by atoms with Crippen molar-refractivity contribution in [2.45, 2.75) is 71.2 Å². The average molecular weight is 542 g/mol. The smallest absolute Gasteiger partial charge is 0.312 e. The van der Waals surface area contributed by atoms with E-state index in [0.29, 0.717) is 12.1 Å². The van der Waals surface area contributed by atoms with Gasteiger partial charge in [-0.15, -0.1) is 6.58 Å². The maximum Gasteiger partial charge on any atom is 0.312 e. The van der Waals surface area contributed by atoms with Gasteiger partial charge >= 0.3 is 5.97 Å². The first kappa shape index (κ1) is 29.1. The summed E-state index contributed by atoms with van der Waals surface area (Å²) in [4.78, 5) is 47.2. The predicted molar refractivity (Wildman–Crippen MR) is 149 cm³/mol. The van der Waals surface area contributed by atoms with Gasteiger partial charge in [0.05, 0.1) is 30.8 Å². The van der Waals surface area contributed by atoms with Gasteiger partial charge in [-0.1, -0.05) is 13.0 Å². The van der Waals surface area contributed by atoms with E-state index >= 15 is 0 Å². The van der Waals surface area contributed by atoms with Crippen LogP contribution in [0.2, 0.25) is 0 Å². The number of carbonyl (C=O) groups is 3. The monoisotopic (exact) mass is 541 g/mol. The zero-order chi connectivity index (χ0) is 28.7. The number of rotatable bonds is 11. The number of hydrogen-bond acceptors (Lipinski definition) is 7. The molecular weight excluding hydrogens is 498 g/mol. The van der Waals surface area contributed by atoms with Gasteiger partial charge in [0.2, 0.25) is 5.91 Å². The van der Waals surface area contributed by atoms with E-state index in [1.165, 1.54) is 4.90 Å². The minimum atomic E-state index is -1.20. The van der Waals surface area contributed by atoms with Crippen LogP contribution in [-0.4, -0.2) is 83.9 Å². The molecular formula is C30H43N3O6. The third-order valence-corrected chi connectivity index (χ3v) is 9.13. The lowest BCUT2D eigenvalue weighted by atomic mass is 9.62. The summed E-state index contributed by atoms with van der Waals surface area (Å²) in [6.07, 6.45) is 2.10. The van der Waals surface area contributed by atoms with Crippen LogP contribution in [0.1, 0.15) is 48.0 Å². The number of fused-ring (bicyclic) bond motifs is 1. The Hall–Kier alpha value is -2.91. The molecule has 2 amide bonds. The highest BCUT2D eigenvalue weighted by molar-refractivity contribution is 6.05. The number of amides is 2. The number of carbonyl (C=O) groups excluding carboxylic acids is 3. The topological polar surface area (TPSA) is 99.6 Å². The molecule has 1 aromatic carbocycles. The van der Waals surface area contributed by atoms with Crippen LogP contribution in [0, 0.1) is 17.8 Å². The number of likely N-dealkylation sites (tertiary alicyclic amines) is 1. The number of hydrogen-bond donors (Lipinski definition) is 1. The molecule has 0 aliphatic carbocycles. The van der Waals surface area contributed by atoms with Gasteiger partial charge in [0, 0.05) is 31.0 Å². The van der Waals surface area contributed by atoms with Crippen molar-refractivity contribution in [2.24, 2.45) is 17.8 Å². The molecule has 1 aromatic rings. The number of anilines is 2. The fourth-order valence-corrected chi connectivity index (χ4v) is 7.14. The average Bonchev–Trinajstić information content (AvgIpc) is 3.44. The summed E-state index contributed by atoms with van der Waals surface area (Å²) in [7, 11) is 0. The maximum atomic E-state index is 14.6. The highest BCUT2D eigenvalue weighted by Gasteiger charge is 2.80. The van der Waals surface area contributed by atoms with Crippen LogP contribution in [0.3, 0.4) is 0 Å². The van der Waals surface area contributed by atoms with Gasteiger partial charge in [-0.05, 0) is 71.2 Å². The van der Waals surface area contributed by atoms with Gasteiger partial charge in [-0.25, -0.2) is 0 Å². The third kappa shape index (κ3) is 4.34. The molecule has 3 fully saturated rings. The molecule has 3 aliphatic heterocycles. The fraction of sp³-hybridized carbons (Fsp3) is 0.633. The molecule has 3 unspecified atom stereocenters. The molecule has 0 saturated carbocycles. The van der Waals surface area contributed by atoms with Crippen LogP contribution < -0.4 is 9.80 Å². The van der Waals surface area contributed by atoms with Gasteiger partial charge in [0.15, 0.2) is 0 Å². The number of aliphatic hydroxyl groups excluding tert-OH is 1. The Labute approximate surface area is 231 Å². The van der Waals surface area contributed by atoms with E-state index in [9.17, 15) is 19.5 Å². The van der Waals surface area contributed by atoms with Crippen LogP contribution in [0.15, 0.2) is 36.9 Å². The standard InChI is InChI=1S/C30H43N3O6/c1-8-16-32(22-14-12-21(13-15-22)31(9-2)10-3)27(36)25-30-17-19(5)29(7,39-30)24(28(37)38-11-4)23(30)26(35)33(25)20(6)18-34/h8,12-15,19-20,23-25,34H,1,9-11,16-18H2,2-7H3/t19?,20-,23+,24-,25?,29+,30?/m1/s1. The number of nitrogens with zero attached hydrogens (tertiary/aromatic N) is 3. The lowest BCUT2D eigenvalue weighted by Crippen LogP contribution is -2.58. The second kappa shape index (κ2) is 10.9. The van der Waals surface area contributed by atoms with Crippen molar-refractivity contribution in [3.63, 3.8) is 0 Å². The Balaban J connectivity index is 1.80. The predicted octanol–water partition coefficient (Wildman–Crippen LogP) is 3.01. The molecule has 3 aliphatic rings. The quantitative estimate of drug-likeness (QED) is 0.340.